The van der Waals surface area contributed by atoms with Gasteiger partial charge >= 0.3 is 0 Å². The summed E-state index contributed by atoms with van der Waals surface area (Å²) in [5.74, 6) is -3.03. The van der Waals surface area contributed by atoms with Crippen LogP contribution in [0.3, 0.4) is 0 Å². The molecule has 0 radical (unpaired) electrons. The minimum atomic E-state index is -3.03. The maximum Gasteiger partial charge on any atom is 0.221 e. The number of hydrogen-bond donors (Lipinski definition) is 7. The first-order chi connectivity index (χ1) is 5.80. The number of aliphatic hydroxyl groups is 7. The van der Waals surface area contributed by atoms with Crippen LogP contribution in [-0.4, -0.2) is 72.1 Å². The van der Waals surface area contributed by atoms with Crippen molar-refractivity contribution in [2.45, 2.75) is 36.3 Å². The van der Waals surface area contributed by atoms with E-state index in [0.29, 0.717) is 0 Å². The van der Waals surface area contributed by atoms with Crippen LogP contribution in [0, 0.1) is 0 Å². The van der Waals surface area contributed by atoms with Crippen molar-refractivity contribution in [3.05, 3.63) is 0 Å². The minimum Gasteiger partial charge on any atom is -0.387 e. The van der Waals surface area contributed by atoms with Crippen LogP contribution in [0.15, 0.2) is 0 Å². The predicted octanol–water partition coefficient (Wildman–Crippen LogP) is -4.51. The molecule has 1 aliphatic carbocycles. The van der Waals surface area contributed by atoms with Crippen LogP contribution in [0.5, 0.6) is 0 Å². The van der Waals surface area contributed by atoms with Gasteiger partial charge in [0, 0.05) is 0 Å². The van der Waals surface area contributed by atoms with Gasteiger partial charge < -0.3 is 35.7 Å². The molecule has 0 amide bonds. The number of aliphatic hydroxyl groups excluding tert-OH is 5. The molecule has 7 nitrogen and oxygen atoms in total. The summed E-state index contributed by atoms with van der Waals surface area (Å²) in [4.78, 5) is 0. The molecule has 0 aliphatic heterocycles. The lowest BCUT2D eigenvalue weighted by Gasteiger charge is -2.44. The van der Waals surface area contributed by atoms with E-state index in [0.717, 1.165) is 0 Å². The molecule has 13 heavy (non-hydrogen) atoms. The monoisotopic (exact) mass is 196 g/mol. The first-order valence-corrected chi connectivity index (χ1v) is 3.65. The van der Waals surface area contributed by atoms with Crippen molar-refractivity contribution in [2.75, 3.05) is 0 Å². The maximum absolute atomic E-state index is 8.99. The topological polar surface area (TPSA) is 142 Å². The van der Waals surface area contributed by atoms with Gasteiger partial charge in [-0.3, -0.25) is 0 Å². The zero-order valence-corrected chi connectivity index (χ0v) is 6.52. The first kappa shape index (κ1) is 10.8. The van der Waals surface area contributed by atoms with Gasteiger partial charge in [0.25, 0.3) is 0 Å². The average molecular weight is 196 g/mol. The third-order valence-electron chi connectivity index (χ3n) is 2.22. The summed E-state index contributed by atoms with van der Waals surface area (Å²) in [6, 6.07) is 0. The summed E-state index contributed by atoms with van der Waals surface area (Å²) in [6.07, 6.45) is -9.94. The van der Waals surface area contributed by atoms with Gasteiger partial charge in [-0.1, -0.05) is 0 Å². The van der Waals surface area contributed by atoms with Gasteiger partial charge in [-0.25, -0.2) is 0 Å². The molecule has 0 spiro atoms. The van der Waals surface area contributed by atoms with Gasteiger partial charge in [0.1, 0.15) is 30.5 Å². The van der Waals surface area contributed by atoms with Gasteiger partial charge in [-0.15, -0.1) is 0 Å². The fraction of sp³-hybridized carbons (Fsp3) is 1.00. The van der Waals surface area contributed by atoms with Crippen molar-refractivity contribution in [3.8, 4) is 0 Å². The van der Waals surface area contributed by atoms with Crippen molar-refractivity contribution in [1.82, 2.24) is 0 Å². The molecule has 1 saturated carbocycles. The van der Waals surface area contributed by atoms with Crippen LogP contribution in [-0.2, 0) is 0 Å². The van der Waals surface area contributed by atoms with Crippen LogP contribution in [0.2, 0.25) is 0 Å². The zero-order valence-electron chi connectivity index (χ0n) is 6.52. The van der Waals surface area contributed by atoms with Crippen molar-refractivity contribution in [3.63, 3.8) is 0 Å². The molecule has 1 aliphatic rings. The third-order valence-corrected chi connectivity index (χ3v) is 2.22. The lowest BCUT2D eigenvalue weighted by molar-refractivity contribution is -0.344. The SMILES string of the molecule is OC1[C@@H](O)[C@@H](O)C(O)(O)[C@H](O)[C@H]1O. The molecule has 1 fully saturated rings. The molecule has 5 atom stereocenters. The molecule has 0 saturated heterocycles. The van der Waals surface area contributed by atoms with E-state index in [4.69, 9.17) is 35.7 Å². The highest BCUT2D eigenvalue weighted by Gasteiger charge is 2.56. The van der Waals surface area contributed by atoms with E-state index in [-0.39, 0.29) is 0 Å². The lowest BCUT2D eigenvalue weighted by atomic mass is 9.82. The largest absolute Gasteiger partial charge is 0.387 e. The fourth-order valence-corrected chi connectivity index (χ4v) is 1.25. The molecule has 78 valence electrons. The molecule has 0 aromatic carbocycles. The van der Waals surface area contributed by atoms with Gasteiger partial charge in [-0.05, 0) is 0 Å². The highest BCUT2D eigenvalue weighted by molar-refractivity contribution is 5.02. The van der Waals surface area contributed by atoms with E-state index in [9.17, 15) is 0 Å². The second-order valence-electron chi connectivity index (χ2n) is 3.14. The van der Waals surface area contributed by atoms with E-state index in [1.807, 2.05) is 0 Å². The van der Waals surface area contributed by atoms with Crippen molar-refractivity contribution in [1.29, 1.82) is 0 Å². The normalized spacial score (nSPS) is 50.5. The maximum atomic E-state index is 8.99. The Labute approximate surface area is 73.1 Å². The third kappa shape index (κ3) is 1.44. The van der Waals surface area contributed by atoms with Gasteiger partial charge in [0.05, 0.1) is 0 Å². The highest BCUT2D eigenvalue weighted by atomic mass is 16.6. The van der Waals surface area contributed by atoms with Crippen molar-refractivity contribution < 1.29 is 35.7 Å². The number of rotatable bonds is 0. The molecule has 0 bridgehead atoms. The van der Waals surface area contributed by atoms with Crippen LogP contribution in [0.4, 0.5) is 0 Å². The summed E-state index contributed by atoms with van der Waals surface area (Å²) >= 11 is 0. The quantitative estimate of drug-likeness (QED) is 0.193. The Hall–Kier alpha value is -0.280. The Morgan fingerprint density at radius 3 is 1.23 bits per heavy atom. The summed E-state index contributed by atoms with van der Waals surface area (Å²) in [5, 5.41) is 62.9. The van der Waals surface area contributed by atoms with E-state index in [1.165, 1.54) is 0 Å². The number of hydrogen-bond acceptors (Lipinski definition) is 7. The minimum absolute atomic E-state index is 1.82. The fourth-order valence-electron chi connectivity index (χ4n) is 1.25. The van der Waals surface area contributed by atoms with Crippen LogP contribution >= 0.6 is 0 Å². The Morgan fingerprint density at radius 1 is 0.615 bits per heavy atom. The first-order valence-electron chi connectivity index (χ1n) is 3.65. The highest BCUT2D eigenvalue weighted by Crippen LogP contribution is 2.27. The van der Waals surface area contributed by atoms with Crippen LogP contribution in [0.25, 0.3) is 0 Å². The summed E-state index contributed by atoms with van der Waals surface area (Å²) in [6.45, 7) is 0. The van der Waals surface area contributed by atoms with Crippen molar-refractivity contribution >= 4 is 0 Å². The Morgan fingerprint density at radius 2 is 0.923 bits per heavy atom. The molecule has 0 aromatic rings. The van der Waals surface area contributed by atoms with E-state index < -0.39 is 36.3 Å². The summed E-state index contributed by atoms with van der Waals surface area (Å²) in [7, 11) is 0. The molecule has 1 rings (SSSR count). The Bertz CT molecular complexity index is 175. The van der Waals surface area contributed by atoms with Gasteiger partial charge in [0.2, 0.25) is 5.79 Å². The van der Waals surface area contributed by atoms with E-state index in [1.54, 1.807) is 0 Å². The molecule has 7 heteroatoms. The van der Waals surface area contributed by atoms with Crippen molar-refractivity contribution in [2.24, 2.45) is 0 Å². The second-order valence-corrected chi connectivity index (χ2v) is 3.14. The van der Waals surface area contributed by atoms with Gasteiger partial charge in [-0.2, -0.15) is 0 Å². The smallest absolute Gasteiger partial charge is 0.221 e. The molecule has 7 N–H and O–H groups in total. The molecular weight excluding hydrogens is 184 g/mol. The lowest BCUT2D eigenvalue weighted by Crippen LogP contribution is -2.70. The van der Waals surface area contributed by atoms with E-state index >= 15 is 0 Å². The average Bonchev–Trinajstić information content (AvgIpc) is 2.09. The summed E-state index contributed by atoms with van der Waals surface area (Å²) < 4.78 is 0. The molecular formula is C6H12O7. The second kappa shape index (κ2) is 3.14. The molecule has 0 heterocycles. The Kier molecular flexibility index (Phi) is 2.61. The van der Waals surface area contributed by atoms with Crippen LogP contribution in [0.1, 0.15) is 0 Å². The molecule has 1 unspecified atom stereocenters. The standard InChI is InChI=1S/C6H12O7/c7-1-2(8)4(10)6(12,13)5(11)3(1)9/h1-5,7-13H/t1?,2-,3+,4-,5-/m1/s1. The Balaban J connectivity index is 2.93. The van der Waals surface area contributed by atoms with Crippen LogP contribution < -0.4 is 0 Å². The summed E-state index contributed by atoms with van der Waals surface area (Å²) in [5.41, 5.74) is 0. The molecule has 0 aromatic heterocycles. The van der Waals surface area contributed by atoms with Gasteiger partial charge in [0.15, 0.2) is 0 Å². The van der Waals surface area contributed by atoms with E-state index in [2.05, 4.69) is 0 Å². The predicted molar refractivity (Wildman–Crippen MR) is 37.2 cm³/mol. The zero-order chi connectivity index (χ0) is 10.4.